The van der Waals surface area contributed by atoms with Crippen LogP contribution in [0.3, 0.4) is 0 Å². The fourth-order valence-corrected chi connectivity index (χ4v) is 5.68. The number of methoxy groups -OCH3 is 1. The minimum absolute atomic E-state index is 0.0537. The van der Waals surface area contributed by atoms with Crippen molar-refractivity contribution in [2.75, 3.05) is 46.4 Å². The third-order valence-electron chi connectivity index (χ3n) is 7.85. The first-order valence-electron chi connectivity index (χ1n) is 13.9. The van der Waals surface area contributed by atoms with Crippen LogP contribution in [0.25, 0.3) is 0 Å². The van der Waals surface area contributed by atoms with E-state index in [4.69, 9.17) is 4.74 Å². The number of amides is 2. The Hall–Kier alpha value is -3.68. The molecule has 3 aromatic rings. The third-order valence-corrected chi connectivity index (χ3v) is 7.85. The van der Waals surface area contributed by atoms with Crippen molar-refractivity contribution in [2.45, 2.75) is 31.5 Å². The van der Waals surface area contributed by atoms with Gasteiger partial charge in [0.05, 0.1) is 7.11 Å². The second-order valence-electron chi connectivity index (χ2n) is 10.4. The van der Waals surface area contributed by atoms with Crippen molar-refractivity contribution >= 4 is 11.8 Å². The fourth-order valence-electron chi connectivity index (χ4n) is 5.68. The Morgan fingerprint density at radius 1 is 0.923 bits per heavy atom. The van der Waals surface area contributed by atoms with E-state index < -0.39 is 6.04 Å². The summed E-state index contributed by atoms with van der Waals surface area (Å²) < 4.78 is 5.38. The SMILES string of the molecule is COc1cccc(C(=O)N2CC(N(CCc3ccccc3)Cc3ccccc3)CC2C(=O)N2CCNCC2)c1. The minimum Gasteiger partial charge on any atom is -0.497 e. The van der Waals surface area contributed by atoms with Gasteiger partial charge in [0.2, 0.25) is 5.91 Å². The van der Waals surface area contributed by atoms with Crippen LogP contribution in [0.15, 0.2) is 84.9 Å². The first-order valence-corrected chi connectivity index (χ1v) is 13.9. The van der Waals surface area contributed by atoms with E-state index in [0.29, 0.717) is 37.4 Å². The number of benzene rings is 3. The molecule has 0 spiro atoms. The molecule has 2 aliphatic rings. The number of nitrogens with one attached hydrogen (secondary N) is 1. The molecule has 0 aliphatic carbocycles. The van der Waals surface area contributed by atoms with Crippen LogP contribution in [0.1, 0.15) is 27.9 Å². The summed E-state index contributed by atoms with van der Waals surface area (Å²) >= 11 is 0. The van der Waals surface area contributed by atoms with Crippen LogP contribution in [-0.2, 0) is 17.8 Å². The Kier molecular flexibility index (Phi) is 8.91. The fraction of sp³-hybridized carbons (Fsp3) is 0.375. The molecule has 0 bridgehead atoms. The quantitative estimate of drug-likeness (QED) is 0.463. The molecule has 2 amide bonds. The maximum atomic E-state index is 13.9. The van der Waals surface area contributed by atoms with Crippen LogP contribution in [-0.4, -0.2) is 85.0 Å². The molecule has 2 saturated heterocycles. The summed E-state index contributed by atoms with van der Waals surface area (Å²) in [6, 6.07) is 27.8. The van der Waals surface area contributed by atoms with Crippen molar-refractivity contribution < 1.29 is 14.3 Å². The molecule has 39 heavy (non-hydrogen) atoms. The molecule has 3 aromatic carbocycles. The molecule has 0 aromatic heterocycles. The Morgan fingerprint density at radius 2 is 1.62 bits per heavy atom. The van der Waals surface area contributed by atoms with E-state index in [0.717, 1.165) is 32.6 Å². The summed E-state index contributed by atoms with van der Waals surface area (Å²) in [5.74, 6) is 0.570. The molecular weight excluding hydrogens is 488 g/mol. The number of carbonyl (C=O) groups is 2. The molecule has 2 heterocycles. The van der Waals surface area contributed by atoms with Gasteiger partial charge < -0.3 is 19.9 Å². The van der Waals surface area contributed by atoms with E-state index in [-0.39, 0.29) is 17.9 Å². The lowest BCUT2D eigenvalue weighted by Crippen LogP contribution is -2.53. The van der Waals surface area contributed by atoms with E-state index in [9.17, 15) is 9.59 Å². The van der Waals surface area contributed by atoms with Crippen molar-refractivity contribution in [2.24, 2.45) is 0 Å². The Balaban J connectivity index is 1.41. The van der Waals surface area contributed by atoms with Crippen LogP contribution in [0, 0.1) is 0 Å². The number of piperazine rings is 1. The van der Waals surface area contributed by atoms with Gasteiger partial charge in [0.1, 0.15) is 11.8 Å². The minimum atomic E-state index is -0.484. The molecule has 5 rings (SSSR count). The van der Waals surface area contributed by atoms with Crippen LogP contribution >= 0.6 is 0 Å². The highest BCUT2D eigenvalue weighted by Gasteiger charge is 2.43. The van der Waals surface area contributed by atoms with Crippen molar-refractivity contribution in [1.29, 1.82) is 0 Å². The third kappa shape index (κ3) is 6.67. The maximum Gasteiger partial charge on any atom is 0.254 e. The lowest BCUT2D eigenvalue weighted by atomic mass is 10.1. The Morgan fingerprint density at radius 3 is 2.31 bits per heavy atom. The van der Waals surface area contributed by atoms with Crippen LogP contribution < -0.4 is 10.1 Å². The van der Waals surface area contributed by atoms with Gasteiger partial charge in [-0.1, -0.05) is 66.7 Å². The van der Waals surface area contributed by atoms with Gasteiger partial charge in [-0.25, -0.2) is 0 Å². The number of rotatable bonds is 9. The number of nitrogens with zero attached hydrogens (tertiary/aromatic N) is 3. The van der Waals surface area contributed by atoms with E-state index in [1.807, 2.05) is 40.1 Å². The molecule has 0 radical (unpaired) electrons. The summed E-state index contributed by atoms with van der Waals surface area (Å²) in [6.07, 6.45) is 1.53. The maximum absolute atomic E-state index is 13.9. The standard InChI is InChI=1S/C32H38N4O3/c1-39-29-14-8-13-27(21-29)31(37)36-24-28(22-30(36)32(38)34-19-16-33-17-20-34)35(23-26-11-6-3-7-12-26)18-15-25-9-4-2-5-10-25/h2-14,21,28,30,33H,15-20,22-24H2,1H3. The highest BCUT2D eigenvalue weighted by molar-refractivity contribution is 5.98. The van der Waals surface area contributed by atoms with E-state index in [2.05, 4.69) is 58.7 Å². The average Bonchev–Trinajstić information content (AvgIpc) is 3.45. The predicted molar refractivity (Wildman–Crippen MR) is 153 cm³/mol. The van der Waals surface area contributed by atoms with Gasteiger partial charge in [0.15, 0.2) is 0 Å². The highest BCUT2D eigenvalue weighted by atomic mass is 16.5. The van der Waals surface area contributed by atoms with Gasteiger partial charge in [-0.05, 0) is 42.2 Å². The first kappa shape index (κ1) is 26.9. The van der Waals surface area contributed by atoms with Gasteiger partial charge in [-0.3, -0.25) is 14.5 Å². The molecule has 2 fully saturated rings. The number of hydrogen-bond acceptors (Lipinski definition) is 5. The zero-order valence-corrected chi connectivity index (χ0v) is 22.7. The summed E-state index contributed by atoms with van der Waals surface area (Å²) in [5.41, 5.74) is 3.06. The van der Waals surface area contributed by atoms with Gasteiger partial charge in [0.25, 0.3) is 5.91 Å². The summed E-state index contributed by atoms with van der Waals surface area (Å²) in [6.45, 7) is 5.03. The molecule has 204 valence electrons. The zero-order chi connectivity index (χ0) is 27.0. The first-order chi connectivity index (χ1) is 19.1. The van der Waals surface area contributed by atoms with Crippen molar-refractivity contribution in [3.8, 4) is 5.75 Å². The highest BCUT2D eigenvalue weighted by Crippen LogP contribution is 2.28. The number of ether oxygens (including phenoxy) is 1. The van der Waals surface area contributed by atoms with E-state index in [1.165, 1.54) is 11.1 Å². The summed E-state index contributed by atoms with van der Waals surface area (Å²) in [5, 5.41) is 3.32. The molecular formula is C32H38N4O3. The van der Waals surface area contributed by atoms with Crippen molar-refractivity contribution in [3.05, 3.63) is 102 Å². The van der Waals surface area contributed by atoms with E-state index >= 15 is 0 Å². The van der Waals surface area contributed by atoms with Gasteiger partial charge in [-0.15, -0.1) is 0 Å². The number of likely N-dealkylation sites (tertiary alicyclic amines) is 1. The molecule has 7 nitrogen and oxygen atoms in total. The van der Waals surface area contributed by atoms with Crippen LogP contribution in [0.2, 0.25) is 0 Å². The molecule has 0 saturated carbocycles. The summed E-state index contributed by atoms with van der Waals surface area (Å²) in [4.78, 5) is 33.9. The molecule has 1 N–H and O–H groups in total. The van der Waals surface area contributed by atoms with Crippen molar-refractivity contribution in [3.63, 3.8) is 0 Å². The average molecular weight is 527 g/mol. The lowest BCUT2D eigenvalue weighted by Gasteiger charge is -2.32. The normalized spacial score (nSPS) is 19.3. The van der Waals surface area contributed by atoms with Gasteiger partial charge >= 0.3 is 0 Å². The molecule has 2 atom stereocenters. The lowest BCUT2D eigenvalue weighted by molar-refractivity contribution is -0.135. The number of carbonyl (C=O) groups excluding carboxylic acids is 2. The van der Waals surface area contributed by atoms with Gasteiger partial charge in [0, 0.05) is 57.4 Å². The smallest absolute Gasteiger partial charge is 0.254 e. The molecule has 2 unspecified atom stereocenters. The van der Waals surface area contributed by atoms with Crippen LogP contribution in [0.5, 0.6) is 5.75 Å². The second-order valence-corrected chi connectivity index (χ2v) is 10.4. The predicted octanol–water partition coefficient (Wildman–Crippen LogP) is 3.46. The monoisotopic (exact) mass is 526 g/mol. The summed E-state index contributed by atoms with van der Waals surface area (Å²) in [7, 11) is 1.60. The second kappa shape index (κ2) is 12.9. The zero-order valence-electron chi connectivity index (χ0n) is 22.7. The Labute approximate surface area is 231 Å². The Bertz CT molecular complexity index is 1230. The molecule has 2 aliphatic heterocycles. The van der Waals surface area contributed by atoms with E-state index in [1.54, 1.807) is 13.2 Å². The molecule has 7 heteroatoms. The van der Waals surface area contributed by atoms with Crippen LogP contribution in [0.4, 0.5) is 0 Å². The topological polar surface area (TPSA) is 65.1 Å². The van der Waals surface area contributed by atoms with Gasteiger partial charge in [-0.2, -0.15) is 0 Å². The largest absolute Gasteiger partial charge is 0.497 e. The van der Waals surface area contributed by atoms with Crippen molar-refractivity contribution in [1.82, 2.24) is 20.0 Å². The number of hydrogen-bond donors (Lipinski definition) is 1.